The van der Waals surface area contributed by atoms with Gasteiger partial charge in [-0.15, -0.1) is 0 Å². The number of nitrogens with two attached hydrogens (primary N) is 2. The standard InChI is InChI=1S/C16H29N5O6S2/c1-8(13(23)21-11(7-28)16(26)27)19-15(25)10(3-4-12(18)22)20-14(24)9(17)5-6-29-2/h8-11,28H,3-7,17H2,1-2H3,(H2,18,22)(H,19,25)(H,20,24)(H,21,23)(H,26,27). The van der Waals surface area contributed by atoms with Crippen LogP contribution in [0, 0.1) is 0 Å². The molecule has 0 aromatic rings. The zero-order valence-electron chi connectivity index (χ0n) is 16.3. The third kappa shape index (κ3) is 10.9. The zero-order chi connectivity index (χ0) is 22.6. The Hall–Kier alpha value is -1.99. The fraction of sp³-hybridized carbons (Fsp3) is 0.688. The van der Waals surface area contributed by atoms with Gasteiger partial charge in [0.15, 0.2) is 0 Å². The minimum atomic E-state index is -1.27. The van der Waals surface area contributed by atoms with E-state index in [4.69, 9.17) is 16.6 Å². The number of aliphatic carboxylic acids is 1. The number of carboxylic acids is 1. The molecule has 0 saturated carbocycles. The Labute approximate surface area is 178 Å². The van der Waals surface area contributed by atoms with Gasteiger partial charge in [-0.3, -0.25) is 19.2 Å². The summed E-state index contributed by atoms with van der Waals surface area (Å²) in [5, 5.41) is 16.0. The van der Waals surface area contributed by atoms with Gasteiger partial charge in [-0.2, -0.15) is 24.4 Å². The predicted molar refractivity (Wildman–Crippen MR) is 112 cm³/mol. The van der Waals surface area contributed by atoms with Gasteiger partial charge in [0.2, 0.25) is 23.6 Å². The highest BCUT2D eigenvalue weighted by atomic mass is 32.2. The van der Waals surface area contributed by atoms with Crippen LogP contribution < -0.4 is 27.4 Å². The number of carbonyl (C=O) groups excluding carboxylic acids is 4. The molecule has 0 aliphatic heterocycles. The highest BCUT2D eigenvalue weighted by molar-refractivity contribution is 7.98. The van der Waals surface area contributed by atoms with Crippen molar-refractivity contribution in [2.75, 3.05) is 17.8 Å². The summed E-state index contributed by atoms with van der Waals surface area (Å²) >= 11 is 5.36. The van der Waals surface area contributed by atoms with Gasteiger partial charge >= 0.3 is 5.97 Å². The lowest BCUT2D eigenvalue weighted by atomic mass is 10.1. The summed E-state index contributed by atoms with van der Waals surface area (Å²) in [7, 11) is 0. The first-order valence-electron chi connectivity index (χ1n) is 8.81. The molecule has 0 rings (SSSR count). The second kappa shape index (κ2) is 14.1. The van der Waals surface area contributed by atoms with E-state index in [9.17, 15) is 24.0 Å². The molecule has 0 saturated heterocycles. The van der Waals surface area contributed by atoms with Gasteiger partial charge in [0.05, 0.1) is 6.04 Å². The van der Waals surface area contributed by atoms with E-state index in [-0.39, 0.29) is 18.6 Å². The zero-order valence-corrected chi connectivity index (χ0v) is 18.1. The predicted octanol–water partition coefficient (Wildman–Crippen LogP) is -2.18. The molecule has 4 unspecified atom stereocenters. The Balaban J connectivity index is 5.01. The molecule has 11 nitrogen and oxygen atoms in total. The van der Waals surface area contributed by atoms with Crippen molar-refractivity contribution >= 4 is 54.0 Å². The molecular formula is C16H29N5O6S2. The first kappa shape index (κ1) is 27.0. The van der Waals surface area contributed by atoms with Gasteiger partial charge in [-0.1, -0.05) is 0 Å². The molecule has 0 radical (unpaired) electrons. The summed E-state index contributed by atoms with van der Waals surface area (Å²) in [6.45, 7) is 1.35. The van der Waals surface area contributed by atoms with Crippen molar-refractivity contribution in [3.8, 4) is 0 Å². The molecule has 0 bridgehead atoms. The van der Waals surface area contributed by atoms with Crippen LogP contribution in [-0.4, -0.2) is 76.6 Å². The van der Waals surface area contributed by atoms with Gasteiger partial charge in [-0.25, -0.2) is 4.79 Å². The average molecular weight is 452 g/mol. The number of amides is 4. The van der Waals surface area contributed by atoms with Crippen molar-refractivity contribution in [2.24, 2.45) is 11.5 Å². The van der Waals surface area contributed by atoms with Crippen LogP contribution in [0.1, 0.15) is 26.2 Å². The van der Waals surface area contributed by atoms with Crippen LogP contribution in [0.2, 0.25) is 0 Å². The Morgan fingerprint density at radius 3 is 2.07 bits per heavy atom. The lowest BCUT2D eigenvalue weighted by Gasteiger charge is -2.23. The molecule has 0 fully saturated rings. The third-order valence-electron chi connectivity index (χ3n) is 3.83. The molecule has 4 atom stereocenters. The van der Waals surface area contributed by atoms with E-state index in [2.05, 4.69) is 28.6 Å². The summed E-state index contributed by atoms with van der Waals surface area (Å²) in [6, 6.07) is -4.28. The fourth-order valence-electron chi connectivity index (χ4n) is 2.07. The van der Waals surface area contributed by atoms with Crippen LogP contribution in [0.15, 0.2) is 0 Å². The van der Waals surface area contributed by atoms with Gasteiger partial charge in [0.1, 0.15) is 18.1 Å². The summed E-state index contributed by atoms with van der Waals surface area (Å²) in [5.41, 5.74) is 10.9. The smallest absolute Gasteiger partial charge is 0.327 e. The highest BCUT2D eigenvalue weighted by Gasteiger charge is 2.28. The lowest BCUT2D eigenvalue weighted by Crippen LogP contribution is -2.56. The van der Waals surface area contributed by atoms with Crippen molar-refractivity contribution in [3.63, 3.8) is 0 Å². The normalized spacial score (nSPS) is 14.8. The number of hydrogen-bond donors (Lipinski definition) is 7. The Morgan fingerprint density at radius 2 is 1.59 bits per heavy atom. The number of thioether (sulfide) groups is 1. The lowest BCUT2D eigenvalue weighted by molar-refractivity contribution is -0.141. The molecule has 29 heavy (non-hydrogen) atoms. The van der Waals surface area contributed by atoms with Crippen molar-refractivity contribution in [1.29, 1.82) is 0 Å². The Kier molecular flexibility index (Phi) is 13.1. The third-order valence-corrected chi connectivity index (χ3v) is 4.84. The second-order valence-corrected chi connectivity index (χ2v) is 7.62. The number of thiol groups is 1. The van der Waals surface area contributed by atoms with Crippen LogP contribution >= 0.6 is 24.4 Å². The fourth-order valence-corrected chi connectivity index (χ4v) is 2.81. The van der Waals surface area contributed by atoms with Gasteiger partial charge < -0.3 is 32.5 Å². The summed E-state index contributed by atoms with van der Waals surface area (Å²) in [6.07, 6.45) is 2.02. The largest absolute Gasteiger partial charge is 0.480 e. The van der Waals surface area contributed by atoms with Crippen molar-refractivity contribution in [3.05, 3.63) is 0 Å². The topological polar surface area (TPSA) is 194 Å². The molecule has 13 heteroatoms. The van der Waals surface area contributed by atoms with E-state index in [1.807, 2.05) is 6.26 Å². The number of carboxylic acid groups (broad SMARTS) is 1. The molecule has 166 valence electrons. The monoisotopic (exact) mass is 451 g/mol. The maximum atomic E-state index is 12.5. The van der Waals surface area contributed by atoms with Gasteiger partial charge in [0, 0.05) is 12.2 Å². The summed E-state index contributed by atoms with van der Waals surface area (Å²) < 4.78 is 0. The maximum absolute atomic E-state index is 12.5. The quantitative estimate of drug-likeness (QED) is 0.145. The molecule has 4 amide bonds. The molecule has 0 spiro atoms. The SMILES string of the molecule is CSCCC(N)C(=O)NC(CCC(N)=O)C(=O)NC(C)C(=O)NC(CS)C(=O)O. The van der Waals surface area contributed by atoms with Gasteiger partial charge in [-0.05, 0) is 31.8 Å². The second-order valence-electron chi connectivity index (χ2n) is 6.27. The molecule has 0 aliphatic rings. The summed E-state index contributed by atoms with van der Waals surface area (Å²) in [4.78, 5) is 58.8. The van der Waals surface area contributed by atoms with Crippen molar-refractivity contribution in [2.45, 2.75) is 50.4 Å². The molecule has 0 aromatic carbocycles. The van der Waals surface area contributed by atoms with E-state index in [1.54, 1.807) is 0 Å². The number of carbonyl (C=O) groups is 5. The van der Waals surface area contributed by atoms with E-state index in [1.165, 1.54) is 18.7 Å². The minimum absolute atomic E-state index is 0.0785. The molecule has 8 N–H and O–H groups in total. The number of rotatable bonds is 14. The van der Waals surface area contributed by atoms with E-state index < -0.39 is 53.8 Å². The van der Waals surface area contributed by atoms with Crippen LogP contribution in [0.4, 0.5) is 0 Å². The first-order valence-corrected chi connectivity index (χ1v) is 10.8. The van der Waals surface area contributed by atoms with Crippen LogP contribution in [0.5, 0.6) is 0 Å². The van der Waals surface area contributed by atoms with E-state index >= 15 is 0 Å². The van der Waals surface area contributed by atoms with Crippen LogP contribution in [-0.2, 0) is 24.0 Å². The van der Waals surface area contributed by atoms with Crippen LogP contribution in [0.25, 0.3) is 0 Å². The maximum Gasteiger partial charge on any atom is 0.327 e. The first-order chi connectivity index (χ1) is 13.5. The number of primary amides is 1. The number of hydrogen-bond acceptors (Lipinski definition) is 8. The Bertz CT molecular complexity index is 606. The average Bonchev–Trinajstić information content (AvgIpc) is 2.65. The minimum Gasteiger partial charge on any atom is -0.480 e. The number of nitrogens with one attached hydrogen (secondary N) is 3. The molecular weight excluding hydrogens is 422 g/mol. The van der Waals surface area contributed by atoms with E-state index in [0.717, 1.165) is 0 Å². The Morgan fingerprint density at radius 1 is 1.00 bits per heavy atom. The van der Waals surface area contributed by atoms with Crippen molar-refractivity contribution in [1.82, 2.24) is 16.0 Å². The van der Waals surface area contributed by atoms with E-state index in [0.29, 0.717) is 12.2 Å². The molecule has 0 heterocycles. The molecule has 0 aromatic heterocycles. The highest BCUT2D eigenvalue weighted by Crippen LogP contribution is 2.03. The molecule has 0 aliphatic carbocycles. The van der Waals surface area contributed by atoms with Crippen molar-refractivity contribution < 1.29 is 29.1 Å². The van der Waals surface area contributed by atoms with Gasteiger partial charge in [0.25, 0.3) is 0 Å². The summed E-state index contributed by atoms with van der Waals surface area (Å²) in [5.74, 6) is -3.44. The van der Waals surface area contributed by atoms with Crippen LogP contribution in [0.3, 0.4) is 0 Å².